The first-order valence-corrected chi connectivity index (χ1v) is 6.50. The highest BCUT2D eigenvalue weighted by Gasteiger charge is 2.19. The van der Waals surface area contributed by atoms with E-state index in [9.17, 15) is 4.79 Å². The van der Waals surface area contributed by atoms with Gasteiger partial charge in [0.2, 0.25) is 5.91 Å². The van der Waals surface area contributed by atoms with E-state index in [2.05, 4.69) is 11.0 Å². The summed E-state index contributed by atoms with van der Waals surface area (Å²) >= 11 is 5.98. The molecule has 1 saturated heterocycles. The second-order valence-electron chi connectivity index (χ2n) is 4.29. The minimum absolute atomic E-state index is 0.100. The molecule has 0 atom stereocenters. The normalized spacial score (nSPS) is 16.3. The van der Waals surface area contributed by atoms with Crippen molar-refractivity contribution in [3.63, 3.8) is 0 Å². The Kier molecular flexibility index (Phi) is 4.26. The van der Waals surface area contributed by atoms with Crippen molar-refractivity contribution in [3.05, 3.63) is 41.4 Å². The van der Waals surface area contributed by atoms with E-state index in [-0.39, 0.29) is 5.91 Å². The van der Waals surface area contributed by atoms with E-state index in [1.165, 1.54) is 0 Å². The third-order valence-electron chi connectivity index (χ3n) is 3.07. The van der Waals surface area contributed by atoms with Crippen LogP contribution in [0, 0.1) is 0 Å². The summed E-state index contributed by atoms with van der Waals surface area (Å²) in [6, 6.07) is 7.84. The Morgan fingerprint density at radius 2 is 2.00 bits per heavy atom. The number of rotatable bonds is 2. The Bertz CT molecular complexity index is 451. The predicted molar refractivity (Wildman–Crippen MR) is 75.1 cm³/mol. The third kappa shape index (κ3) is 3.05. The number of allylic oxidation sites excluding steroid dienone is 1. The molecule has 0 saturated carbocycles. The fourth-order valence-corrected chi connectivity index (χ4v) is 2.29. The number of anilines is 1. The van der Waals surface area contributed by atoms with Gasteiger partial charge in [0, 0.05) is 36.9 Å². The molecule has 96 valence electrons. The second-order valence-corrected chi connectivity index (χ2v) is 4.73. The molecule has 18 heavy (non-hydrogen) atoms. The summed E-state index contributed by atoms with van der Waals surface area (Å²) in [6.45, 7) is 5.08. The number of amides is 1. The van der Waals surface area contributed by atoms with Crippen molar-refractivity contribution >= 4 is 23.2 Å². The molecule has 0 spiro atoms. The summed E-state index contributed by atoms with van der Waals surface area (Å²) < 4.78 is 0. The zero-order valence-corrected chi connectivity index (χ0v) is 11.2. The lowest BCUT2D eigenvalue weighted by atomic mass is 10.2. The van der Waals surface area contributed by atoms with Crippen LogP contribution in [0.5, 0.6) is 0 Å². The Labute approximate surface area is 113 Å². The van der Waals surface area contributed by atoms with E-state index in [0.717, 1.165) is 36.9 Å². The molecule has 0 bridgehead atoms. The van der Waals surface area contributed by atoms with Crippen molar-refractivity contribution in [1.82, 2.24) is 4.90 Å². The molecule has 1 heterocycles. The van der Waals surface area contributed by atoms with Gasteiger partial charge in [0.05, 0.1) is 0 Å². The number of nitrogens with zero attached hydrogens (tertiary/aromatic N) is 2. The molecule has 2 rings (SSSR count). The molecule has 1 aliphatic rings. The SMILES string of the molecule is C/C=C\C(=O)N1CCN(c2cccc(Cl)c2)CC1. The number of benzene rings is 1. The van der Waals surface area contributed by atoms with Crippen molar-refractivity contribution in [2.24, 2.45) is 0 Å². The number of piperazine rings is 1. The lowest BCUT2D eigenvalue weighted by Gasteiger charge is -2.35. The Hall–Kier alpha value is -1.48. The Morgan fingerprint density at radius 3 is 2.61 bits per heavy atom. The summed E-state index contributed by atoms with van der Waals surface area (Å²) in [5, 5.41) is 0.750. The highest BCUT2D eigenvalue weighted by atomic mass is 35.5. The molecule has 0 unspecified atom stereocenters. The van der Waals surface area contributed by atoms with Crippen molar-refractivity contribution in [1.29, 1.82) is 0 Å². The van der Waals surface area contributed by atoms with Crippen LogP contribution < -0.4 is 4.90 Å². The Balaban J connectivity index is 1.96. The van der Waals surface area contributed by atoms with Gasteiger partial charge in [0.1, 0.15) is 0 Å². The summed E-state index contributed by atoms with van der Waals surface area (Å²) in [5.74, 6) is 0.100. The molecule has 1 aromatic carbocycles. The first-order valence-electron chi connectivity index (χ1n) is 6.13. The molecule has 1 aromatic rings. The molecule has 4 heteroatoms. The summed E-state index contributed by atoms with van der Waals surface area (Å²) in [6.07, 6.45) is 3.40. The lowest BCUT2D eigenvalue weighted by Crippen LogP contribution is -2.48. The minimum atomic E-state index is 0.100. The topological polar surface area (TPSA) is 23.6 Å². The number of carbonyl (C=O) groups excluding carboxylic acids is 1. The molecule has 0 aliphatic carbocycles. The monoisotopic (exact) mass is 264 g/mol. The second kappa shape index (κ2) is 5.91. The third-order valence-corrected chi connectivity index (χ3v) is 3.31. The van der Waals surface area contributed by atoms with Gasteiger partial charge in [-0.2, -0.15) is 0 Å². The van der Waals surface area contributed by atoms with Crippen molar-refractivity contribution in [2.75, 3.05) is 31.1 Å². The van der Waals surface area contributed by atoms with Crippen LogP contribution in [0.3, 0.4) is 0 Å². The van der Waals surface area contributed by atoms with Crippen LogP contribution in [0.15, 0.2) is 36.4 Å². The number of hydrogen-bond acceptors (Lipinski definition) is 2. The maximum absolute atomic E-state index is 11.7. The van der Waals surface area contributed by atoms with Crippen LogP contribution in [0.1, 0.15) is 6.92 Å². The molecule has 0 N–H and O–H groups in total. The van der Waals surface area contributed by atoms with E-state index in [0.29, 0.717) is 0 Å². The molecular weight excluding hydrogens is 248 g/mol. The fourth-order valence-electron chi connectivity index (χ4n) is 2.11. The van der Waals surface area contributed by atoms with E-state index in [4.69, 9.17) is 11.6 Å². The number of carbonyl (C=O) groups is 1. The van der Waals surface area contributed by atoms with Gasteiger partial charge >= 0.3 is 0 Å². The minimum Gasteiger partial charge on any atom is -0.368 e. The van der Waals surface area contributed by atoms with E-state index >= 15 is 0 Å². The van der Waals surface area contributed by atoms with Gasteiger partial charge in [-0.25, -0.2) is 0 Å². The highest BCUT2D eigenvalue weighted by molar-refractivity contribution is 6.30. The first-order chi connectivity index (χ1) is 8.70. The quantitative estimate of drug-likeness (QED) is 0.767. The van der Waals surface area contributed by atoms with E-state index in [1.807, 2.05) is 30.0 Å². The highest BCUT2D eigenvalue weighted by Crippen LogP contribution is 2.20. The standard InChI is InChI=1S/C14H17ClN2O/c1-2-4-14(18)17-9-7-16(8-10-17)13-6-3-5-12(15)11-13/h2-6,11H,7-10H2,1H3/b4-2-. The average Bonchev–Trinajstić information content (AvgIpc) is 2.39. The Morgan fingerprint density at radius 1 is 1.28 bits per heavy atom. The van der Waals surface area contributed by atoms with Crippen LogP contribution in [0.4, 0.5) is 5.69 Å². The van der Waals surface area contributed by atoms with Crippen LogP contribution >= 0.6 is 11.6 Å². The molecule has 0 aromatic heterocycles. The lowest BCUT2D eigenvalue weighted by molar-refractivity contribution is -0.126. The van der Waals surface area contributed by atoms with Crippen LogP contribution in [0.25, 0.3) is 0 Å². The number of hydrogen-bond donors (Lipinski definition) is 0. The fraction of sp³-hybridized carbons (Fsp3) is 0.357. The number of halogens is 1. The largest absolute Gasteiger partial charge is 0.368 e. The van der Waals surface area contributed by atoms with Gasteiger partial charge < -0.3 is 9.80 Å². The summed E-state index contributed by atoms with van der Waals surface area (Å²) in [7, 11) is 0. The van der Waals surface area contributed by atoms with Gasteiger partial charge in [-0.15, -0.1) is 0 Å². The molecule has 1 aliphatic heterocycles. The zero-order chi connectivity index (χ0) is 13.0. The van der Waals surface area contributed by atoms with Crippen molar-refractivity contribution < 1.29 is 4.79 Å². The molecule has 1 amide bonds. The van der Waals surface area contributed by atoms with Crippen LogP contribution in [0.2, 0.25) is 5.02 Å². The van der Waals surface area contributed by atoms with Crippen LogP contribution in [-0.2, 0) is 4.79 Å². The maximum atomic E-state index is 11.7. The van der Waals surface area contributed by atoms with Gasteiger partial charge in [-0.05, 0) is 31.2 Å². The van der Waals surface area contributed by atoms with Crippen molar-refractivity contribution in [2.45, 2.75) is 6.92 Å². The van der Waals surface area contributed by atoms with Crippen LogP contribution in [-0.4, -0.2) is 37.0 Å². The van der Waals surface area contributed by atoms with Crippen molar-refractivity contribution in [3.8, 4) is 0 Å². The average molecular weight is 265 g/mol. The van der Waals surface area contributed by atoms with Gasteiger partial charge in [-0.1, -0.05) is 23.7 Å². The molecular formula is C14H17ClN2O. The van der Waals surface area contributed by atoms with E-state index < -0.39 is 0 Å². The van der Waals surface area contributed by atoms with Gasteiger partial charge in [0.15, 0.2) is 0 Å². The molecule has 0 radical (unpaired) electrons. The predicted octanol–water partition coefficient (Wildman–Crippen LogP) is 2.56. The van der Waals surface area contributed by atoms with Gasteiger partial charge in [0.25, 0.3) is 0 Å². The summed E-state index contributed by atoms with van der Waals surface area (Å²) in [4.78, 5) is 15.8. The smallest absolute Gasteiger partial charge is 0.246 e. The maximum Gasteiger partial charge on any atom is 0.246 e. The van der Waals surface area contributed by atoms with E-state index in [1.54, 1.807) is 12.2 Å². The first kappa shape index (κ1) is 13.0. The molecule has 1 fully saturated rings. The summed E-state index contributed by atoms with van der Waals surface area (Å²) in [5.41, 5.74) is 1.13. The van der Waals surface area contributed by atoms with Gasteiger partial charge in [-0.3, -0.25) is 4.79 Å². The zero-order valence-electron chi connectivity index (χ0n) is 10.5. The molecule has 3 nitrogen and oxygen atoms in total.